The molecule has 1 aromatic carbocycles. The van der Waals surface area contributed by atoms with Gasteiger partial charge in [-0.3, -0.25) is 4.79 Å². The van der Waals surface area contributed by atoms with Crippen molar-refractivity contribution < 1.29 is 4.79 Å². The van der Waals surface area contributed by atoms with E-state index >= 15 is 0 Å². The van der Waals surface area contributed by atoms with Gasteiger partial charge < -0.3 is 0 Å². The molecule has 1 nitrogen and oxygen atoms in total. The van der Waals surface area contributed by atoms with E-state index in [0.29, 0.717) is 12.2 Å². The van der Waals surface area contributed by atoms with Gasteiger partial charge in [0.05, 0.1) is 0 Å². The molecule has 0 aromatic heterocycles. The summed E-state index contributed by atoms with van der Waals surface area (Å²) in [5, 5.41) is 0. The molecular formula is C16H24O. The highest BCUT2D eigenvalue weighted by molar-refractivity contribution is 5.78. The summed E-state index contributed by atoms with van der Waals surface area (Å²) >= 11 is 0. The van der Waals surface area contributed by atoms with Crippen LogP contribution in [0.15, 0.2) is 24.3 Å². The Morgan fingerprint density at radius 3 is 2.53 bits per heavy atom. The first-order valence-corrected chi connectivity index (χ1v) is 6.80. The van der Waals surface area contributed by atoms with E-state index < -0.39 is 0 Å². The quantitative estimate of drug-likeness (QED) is 0.604. The fourth-order valence-corrected chi connectivity index (χ4v) is 2.04. The van der Waals surface area contributed by atoms with Gasteiger partial charge in [0.2, 0.25) is 0 Å². The minimum atomic E-state index is 0.421. The summed E-state index contributed by atoms with van der Waals surface area (Å²) in [6.45, 7) is 4.31. The number of hydrogen-bond donors (Lipinski definition) is 0. The molecule has 94 valence electrons. The van der Waals surface area contributed by atoms with E-state index in [1.807, 2.05) is 12.1 Å². The number of benzene rings is 1. The highest BCUT2D eigenvalue weighted by Gasteiger charge is 2.03. The molecule has 0 radical (unpaired) electrons. The third kappa shape index (κ3) is 5.67. The Kier molecular flexibility index (Phi) is 6.61. The lowest BCUT2D eigenvalue weighted by Gasteiger charge is -2.04. The molecular weight excluding hydrogens is 208 g/mol. The van der Waals surface area contributed by atoms with Crippen LogP contribution in [0, 0.1) is 6.92 Å². The second-order valence-corrected chi connectivity index (χ2v) is 4.78. The molecule has 0 aliphatic carbocycles. The van der Waals surface area contributed by atoms with Crippen LogP contribution in [0.5, 0.6) is 0 Å². The van der Waals surface area contributed by atoms with Crippen LogP contribution < -0.4 is 0 Å². The number of ketones is 1. The van der Waals surface area contributed by atoms with E-state index in [1.54, 1.807) is 0 Å². The number of aryl methyl sites for hydroxylation is 2. The standard InChI is InChI=1S/C16H24O/c1-3-4-5-6-11-16(17)13-12-15-10-8-7-9-14(15)2/h7-10H,3-6,11-13H2,1-2H3. The lowest BCUT2D eigenvalue weighted by Crippen LogP contribution is -2.01. The van der Waals surface area contributed by atoms with Gasteiger partial charge in [0, 0.05) is 12.8 Å². The van der Waals surface area contributed by atoms with Crippen LogP contribution in [0.25, 0.3) is 0 Å². The first-order chi connectivity index (χ1) is 8.24. The molecule has 1 rings (SSSR count). The summed E-state index contributed by atoms with van der Waals surface area (Å²) in [5.74, 6) is 0.421. The van der Waals surface area contributed by atoms with Crippen molar-refractivity contribution in [3.63, 3.8) is 0 Å². The SMILES string of the molecule is CCCCCCC(=O)CCc1ccccc1C. The highest BCUT2D eigenvalue weighted by Crippen LogP contribution is 2.11. The summed E-state index contributed by atoms with van der Waals surface area (Å²) in [7, 11) is 0. The monoisotopic (exact) mass is 232 g/mol. The minimum absolute atomic E-state index is 0.421. The maximum Gasteiger partial charge on any atom is 0.133 e. The smallest absolute Gasteiger partial charge is 0.133 e. The molecule has 1 heteroatoms. The number of unbranched alkanes of at least 4 members (excludes halogenated alkanes) is 3. The third-order valence-corrected chi connectivity index (χ3v) is 3.24. The fraction of sp³-hybridized carbons (Fsp3) is 0.562. The van der Waals surface area contributed by atoms with Crippen molar-refractivity contribution >= 4 is 5.78 Å². The molecule has 0 N–H and O–H groups in total. The Morgan fingerprint density at radius 2 is 1.82 bits per heavy atom. The molecule has 0 bridgehead atoms. The van der Waals surface area contributed by atoms with E-state index in [1.165, 1.54) is 30.4 Å². The predicted molar refractivity (Wildman–Crippen MR) is 73.3 cm³/mol. The zero-order valence-electron chi connectivity index (χ0n) is 11.2. The zero-order chi connectivity index (χ0) is 12.5. The molecule has 0 spiro atoms. The number of carbonyl (C=O) groups excluding carboxylic acids is 1. The number of hydrogen-bond acceptors (Lipinski definition) is 1. The Labute approximate surface area is 105 Å². The molecule has 17 heavy (non-hydrogen) atoms. The molecule has 0 fully saturated rings. The summed E-state index contributed by atoms with van der Waals surface area (Å²) in [6, 6.07) is 8.33. The van der Waals surface area contributed by atoms with Gasteiger partial charge in [-0.2, -0.15) is 0 Å². The Balaban J connectivity index is 2.22. The molecule has 0 heterocycles. The van der Waals surface area contributed by atoms with Gasteiger partial charge in [-0.05, 0) is 30.9 Å². The Hall–Kier alpha value is -1.11. The van der Waals surface area contributed by atoms with Gasteiger partial charge in [0.25, 0.3) is 0 Å². The Bertz CT molecular complexity index is 341. The van der Waals surface area contributed by atoms with Gasteiger partial charge in [0.15, 0.2) is 0 Å². The molecule has 0 amide bonds. The average molecular weight is 232 g/mol. The highest BCUT2D eigenvalue weighted by atomic mass is 16.1. The molecule has 0 atom stereocenters. The van der Waals surface area contributed by atoms with Crippen LogP contribution in [0.1, 0.15) is 56.6 Å². The summed E-state index contributed by atoms with van der Waals surface area (Å²) < 4.78 is 0. The maximum absolute atomic E-state index is 11.7. The van der Waals surface area contributed by atoms with E-state index in [0.717, 1.165) is 19.3 Å². The van der Waals surface area contributed by atoms with Crippen molar-refractivity contribution in [1.29, 1.82) is 0 Å². The van der Waals surface area contributed by atoms with E-state index in [4.69, 9.17) is 0 Å². The number of Topliss-reactive ketones (excluding diaryl/α,β-unsaturated/α-hetero) is 1. The fourth-order valence-electron chi connectivity index (χ4n) is 2.04. The third-order valence-electron chi connectivity index (χ3n) is 3.24. The van der Waals surface area contributed by atoms with Crippen LogP contribution in [0.3, 0.4) is 0 Å². The predicted octanol–water partition coefficient (Wildman–Crippen LogP) is 4.47. The van der Waals surface area contributed by atoms with Gasteiger partial charge >= 0.3 is 0 Å². The average Bonchev–Trinajstić information content (AvgIpc) is 2.34. The van der Waals surface area contributed by atoms with Crippen molar-refractivity contribution in [3.05, 3.63) is 35.4 Å². The molecule has 1 aromatic rings. The molecule has 0 saturated heterocycles. The van der Waals surface area contributed by atoms with Gasteiger partial charge in [-0.15, -0.1) is 0 Å². The van der Waals surface area contributed by atoms with Crippen LogP contribution in [-0.4, -0.2) is 5.78 Å². The Morgan fingerprint density at radius 1 is 1.06 bits per heavy atom. The molecule has 0 aliphatic rings. The van der Waals surface area contributed by atoms with Crippen molar-refractivity contribution in [3.8, 4) is 0 Å². The second kappa shape index (κ2) is 8.05. The number of carbonyl (C=O) groups is 1. The summed E-state index contributed by atoms with van der Waals surface area (Å²) in [5.41, 5.74) is 2.61. The zero-order valence-corrected chi connectivity index (χ0v) is 11.2. The van der Waals surface area contributed by atoms with Gasteiger partial charge in [0.1, 0.15) is 5.78 Å². The second-order valence-electron chi connectivity index (χ2n) is 4.78. The van der Waals surface area contributed by atoms with Crippen molar-refractivity contribution in [1.82, 2.24) is 0 Å². The van der Waals surface area contributed by atoms with Crippen LogP contribution in [-0.2, 0) is 11.2 Å². The summed E-state index contributed by atoms with van der Waals surface area (Å²) in [4.78, 5) is 11.7. The first kappa shape index (κ1) is 14.0. The molecule has 0 unspecified atom stereocenters. The largest absolute Gasteiger partial charge is 0.300 e. The van der Waals surface area contributed by atoms with Crippen LogP contribution in [0.2, 0.25) is 0 Å². The van der Waals surface area contributed by atoms with Gasteiger partial charge in [-0.25, -0.2) is 0 Å². The first-order valence-electron chi connectivity index (χ1n) is 6.80. The van der Waals surface area contributed by atoms with Crippen LogP contribution >= 0.6 is 0 Å². The van der Waals surface area contributed by atoms with E-state index in [9.17, 15) is 4.79 Å². The lowest BCUT2D eigenvalue weighted by molar-refractivity contribution is -0.119. The lowest BCUT2D eigenvalue weighted by atomic mass is 10.0. The van der Waals surface area contributed by atoms with Crippen molar-refractivity contribution in [2.45, 2.75) is 58.8 Å². The van der Waals surface area contributed by atoms with Crippen molar-refractivity contribution in [2.24, 2.45) is 0 Å². The summed E-state index contributed by atoms with van der Waals surface area (Å²) in [6.07, 6.45) is 7.14. The van der Waals surface area contributed by atoms with E-state index in [2.05, 4.69) is 26.0 Å². The normalized spacial score (nSPS) is 10.5. The minimum Gasteiger partial charge on any atom is -0.300 e. The van der Waals surface area contributed by atoms with E-state index in [-0.39, 0.29) is 0 Å². The van der Waals surface area contributed by atoms with Gasteiger partial charge in [-0.1, -0.05) is 50.5 Å². The van der Waals surface area contributed by atoms with Crippen LogP contribution in [0.4, 0.5) is 0 Å². The topological polar surface area (TPSA) is 17.1 Å². The molecule has 0 saturated carbocycles. The van der Waals surface area contributed by atoms with Crippen molar-refractivity contribution in [2.75, 3.05) is 0 Å². The molecule has 0 aliphatic heterocycles. The number of rotatable bonds is 8. The maximum atomic E-state index is 11.7.